The van der Waals surface area contributed by atoms with Crippen LogP contribution >= 0.6 is 23.2 Å². The number of benzene rings is 2. The van der Waals surface area contributed by atoms with E-state index >= 15 is 0 Å². The van der Waals surface area contributed by atoms with E-state index in [4.69, 9.17) is 23.2 Å². The first-order valence-corrected chi connectivity index (χ1v) is 8.72. The second-order valence-corrected chi connectivity index (χ2v) is 6.81. The van der Waals surface area contributed by atoms with Crippen molar-refractivity contribution in [2.45, 2.75) is 6.54 Å². The molecule has 0 radical (unpaired) electrons. The number of fused-ring (bicyclic) bond motifs is 1. The van der Waals surface area contributed by atoms with E-state index in [-0.39, 0.29) is 6.03 Å². The second-order valence-electron chi connectivity index (χ2n) is 5.97. The molecule has 0 atom stereocenters. The molecule has 0 unspecified atom stereocenters. The first kappa shape index (κ1) is 16.2. The van der Waals surface area contributed by atoms with E-state index in [2.05, 4.69) is 4.98 Å². The molecule has 0 spiro atoms. The molecular weight excluding hydrogens is 357 g/mol. The van der Waals surface area contributed by atoms with Gasteiger partial charge in [0.15, 0.2) is 0 Å². The lowest BCUT2D eigenvalue weighted by Crippen LogP contribution is -2.31. The first-order chi connectivity index (χ1) is 12.1. The Balaban J connectivity index is 1.61. The summed E-state index contributed by atoms with van der Waals surface area (Å²) in [6, 6.07) is 13.3. The van der Waals surface area contributed by atoms with Crippen LogP contribution in [0.1, 0.15) is 5.56 Å². The molecule has 0 bridgehead atoms. The van der Waals surface area contributed by atoms with Crippen LogP contribution in [-0.2, 0) is 6.54 Å². The number of hydrogen-bond acceptors (Lipinski definition) is 2. The molecule has 0 saturated carbocycles. The molecule has 6 heteroatoms. The number of anilines is 1. The van der Waals surface area contributed by atoms with Gasteiger partial charge >= 0.3 is 6.03 Å². The summed E-state index contributed by atoms with van der Waals surface area (Å²) in [5, 5.41) is 3.21. The third kappa shape index (κ3) is 3.03. The standard InChI is InChI=1S/C19H15Cl2N3O/c20-15-6-5-14(17(21)9-15)12-23-7-8-24(19(23)25)18-11-22-10-13-3-1-2-4-16(13)18/h1-6,9-11H,7-8,12H2. The molecule has 4 nitrogen and oxygen atoms in total. The van der Waals surface area contributed by atoms with E-state index in [1.54, 1.807) is 28.1 Å². The Kier molecular flexibility index (Phi) is 4.24. The minimum absolute atomic E-state index is 0.0378. The summed E-state index contributed by atoms with van der Waals surface area (Å²) in [7, 11) is 0. The third-order valence-corrected chi connectivity index (χ3v) is 5.00. The zero-order valence-corrected chi connectivity index (χ0v) is 14.8. The summed E-state index contributed by atoms with van der Waals surface area (Å²) < 4.78 is 0. The average molecular weight is 372 g/mol. The maximum Gasteiger partial charge on any atom is 0.324 e. The monoisotopic (exact) mass is 371 g/mol. The molecular formula is C19H15Cl2N3O. The topological polar surface area (TPSA) is 36.4 Å². The molecule has 1 aliphatic rings. The van der Waals surface area contributed by atoms with E-state index in [1.807, 2.05) is 36.5 Å². The van der Waals surface area contributed by atoms with Crippen LogP contribution in [0.25, 0.3) is 10.8 Å². The Morgan fingerprint density at radius 1 is 1.04 bits per heavy atom. The molecule has 2 amide bonds. The number of urea groups is 1. The smallest absolute Gasteiger partial charge is 0.318 e. The van der Waals surface area contributed by atoms with Crippen LogP contribution in [0.3, 0.4) is 0 Å². The van der Waals surface area contributed by atoms with Gasteiger partial charge in [-0.1, -0.05) is 53.5 Å². The predicted molar refractivity (Wildman–Crippen MR) is 101 cm³/mol. The van der Waals surface area contributed by atoms with Crippen molar-refractivity contribution < 1.29 is 4.79 Å². The van der Waals surface area contributed by atoms with Gasteiger partial charge in [0.05, 0.1) is 11.9 Å². The third-order valence-electron chi connectivity index (χ3n) is 4.41. The summed E-state index contributed by atoms with van der Waals surface area (Å²) in [5.41, 5.74) is 1.73. The molecule has 2 heterocycles. The molecule has 1 saturated heterocycles. The minimum Gasteiger partial charge on any atom is -0.318 e. The van der Waals surface area contributed by atoms with Crippen LogP contribution in [0, 0.1) is 0 Å². The fourth-order valence-electron chi connectivity index (χ4n) is 3.12. The van der Waals surface area contributed by atoms with Gasteiger partial charge in [0.1, 0.15) is 0 Å². The predicted octanol–water partition coefficient (Wildman–Crippen LogP) is 4.98. The number of halogens is 2. The van der Waals surface area contributed by atoms with Crippen molar-refractivity contribution in [3.63, 3.8) is 0 Å². The average Bonchev–Trinajstić information content (AvgIpc) is 2.97. The molecule has 4 rings (SSSR count). The van der Waals surface area contributed by atoms with Gasteiger partial charge in [0.25, 0.3) is 0 Å². The molecule has 25 heavy (non-hydrogen) atoms. The van der Waals surface area contributed by atoms with Crippen LogP contribution in [0.4, 0.5) is 10.5 Å². The van der Waals surface area contributed by atoms with Crippen molar-refractivity contribution in [1.29, 1.82) is 0 Å². The Morgan fingerprint density at radius 3 is 2.72 bits per heavy atom. The lowest BCUT2D eigenvalue weighted by Gasteiger charge is -2.20. The Bertz CT molecular complexity index is 955. The number of amides is 2. The number of nitrogens with zero attached hydrogens (tertiary/aromatic N) is 3. The molecule has 1 aromatic heterocycles. The van der Waals surface area contributed by atoms with E-state index in [0.29, 0.717) is 29.7 Å². The summed E-state index contributed by atoms with van der Waals surface area (Å²) in [4.78, 5) is 20.7. The number of aromatic nitrogens is 1. The quantitative estimate of drug-likeness (QED) is 0.650. The van der Waals surface area contributed by atoms with Crippen molar-refractivity contribution in [3.8, 4) is 0 Å². The number of rotatable bonds is 3. The highest BCUT2D eigenvalue weighted by Gasteiger charge is 2.31. The minimum atomic E-state index is -0.0378. The van der Waals surface area contributed by atoms with Gasteiger partial charge in [0.2, 0.25) is 0 Å². The SMILES string of the molecule is O=C1N(Cc2ccc(Cl)cc2Cl)CCN1c1cncc2ccccc12. The van der Waals surface area contributed by atoms with Crippen LogP contribution in [0.5, 0.6) is 0 Å². The highest BCUT2D eigenvalue weighted by Crippen LogP contribution is 2.30. The van der Waals surface area contributed by atoms with Crippen LogP contribution in [0.15, 0.2) is 54.9 Å². The summed E-state index contributed by atoms with van der Waals surface area (Å²) >= 11 is 12.2. The van der Waals surface area contributed by atoms with Crippen LogP contribution in [0.2, 0.25) is 10.0 Å². The van der Waals surface area contributed by atoms with E-state index in [0.717, 1.165) is 22.0 Å². The maximum absolute atomic E-state index is 12.9. The zero-order chi connectivity index (χ0) is 17.4. The number of pyridine rings is 1. The van der Waals surface area contributed by atoms with Crippen molar-refractivity contribution in [2.24, 2.45) is 0 Å². The molecule has 0 aliphatic carbocycles. The highest BCUT2D eigenvalue weighted by molar-refractivity contribution is 6.35. The van der Waals surface area contributed by atoms with Gasteiger partial charge in [-0.15, -0.1) is 0 Å². The van der Waals surface area contributed by atoms with Crippen molar-refractivity contribution >= 4 is 45.7 Å². The zero-order valence-electron chi connectivity index (χ0n) is 13.3. The van der Waals surface area contributed by atoms with Gasteiger partial charge < -0.3 is 4.90 Å². The molecule has 2 aromatic carbocycles. The largest absolute Gasteiger partial charge is 0.324 e. The molecule has 0 N–H and O–H groups in total. The lowest BCUT2D eigenvalue weighted by molar-refractivity contribution is 0.219. The highest BCUT2D eigenvalue weighted by atomic mass is 35.5. The molecule has 1 aliphatic heterocycles. The fourth-order valence-corrected chi connectivity index (χ4v) is 3.59. The van der Waals surface area contributed by atoms with Gasteiger partial charge in [0, 0.05) is 46.6 Å². The first-order valence-electron chi connectivity index (χ1n) is 7.96. The fraction of sp³-hybridized carbons (Fsp3) is 0.158. The Hall–Kier alpha value is -2.30. The molecule has 3 aromatic rings. The van der Waals surface area contributed by atoms with Crippen molar-refractivity contribution in [1.82, 2.24) is 9.88 Å². The van der Waals surface area contributed by atoms with E-state index < -0.39 is 0 Å². The molecule has 126 valence electrons. The van der Waals surface area contributed by atoms with Crippen LogP contribution < -0.4 is 4.90 Å². The Labute approximate surface area is 155 Å². The van der Waals surface area contributed by atoms with Gasteiger partial charge in [-0.3, -0.25) is 9.88 Å². The number of hydrogen-bond donors (Lipinski definition) is 0. The van der Waals surface area contributed by atoms with Crippen LogP contribution in [-0.4, -0.2) is 29.0 Å². The summed E-state index contributed by atoms with van der Waals surface area (Å²) in [6.45, 7) is 1.73. The van der Waals surface area contributed by atoms with E-state index in [9.17, 15) is 4.79 Å². The number of carbonyl (C=O) groups excluding carboxylic acids is 1. The molecule has 1 fully saturated rings. The maximum atomic E-state index is 12.9. The van der Waals surface area contributed by atoms with Gasteiger partial charge in [-0.05, 0) is 17.7 Å². The van der Waals surface area contributed by atoms with Gasteiger partial charge in [-0.25, -0.2) is 4.79 Å². The number of carbonyl (C=O) groups is 1. The second kappa shape index (κ2) is 6.54. The summed E-state index contributed by atoms with van der Waals surface area (Å²) in [5.74, 6) is 0. The normalized spacial score (nSPS) is 14.6. The summed E-state index contributed by atoms with van der Waals surface area (Å²) in [6.07, 6.45) is 3.56. The van der Waals surface area contributed by atoms with Crippen molar-refractivity contribution in [2.75, 3.05) is 18.0 Å². The van der Waals surface area contributed by atoms with Crippen molar-refractivity contribution in [3.05, 3.63) is 70.5 Å². The van der Waals surface area contributed by atoms with Gasteiger partial charge in [-0.2, -0.15) is 0 Å². The lowest BCUT2D eigenvalue weighted by atomic mass is 10.1. The Morgan fingerprint density at radius 2 is 1.88 bits per heavy atom. The van der Waals surface area contributed by atoms with E-state index in [1.165, 1.54) is 0 Å².